The molecule has 0 unspecified atom stereocenters. The summed E-state index contributed by atoms with van der Waals surface area (Å²) >= 11 is 0. The molecule has 0 amide bonds. The second-order valence-corrected chi connectivity index (χ2v) is 30.7. The van der Waals surface area contributed by atoms with Gasteiger partial charge in [-0.1, -0.05) is 235 Å². The van der Waals surface area contributed by atoms with E-state index >= 15 is 0 Å². The fourth-order valence-corrected chi connectivity index (χ4v) is 15.7. The zero-order valence-corrected chi connectivity index (χ0v) is 56.1. The maximum Gasteiger partial charge on any atom is 0.252 e. The van der Waals surface area contributed by atoms with Gasteiger partial charge in [0, 0.05) is 72.1 Å². The average molecular weight is 1220 g/mol. The molecular formula is C88H78BN5. The lowest BCUT2D eigenvalue weighted by Crippen LogP contribution is -2.61. The summed E-state index contributed by atoms with van der Waals surface area (Å²) in [5.74, 6) is 0. The van der Waals surface area contributed by atoms with Gasteiger partial charge < -0.3 is 23.5 Å². The summed E-state index contributed by atoms with van der Waals surface area (Å²) in [5.41, 5.74) is 28.4. The van der Waals surface area contributed by atoms with Crippen molar-refractivity contribution >= 4 is 123 Å². The molecule has 0 N–H and O–H groups in total. The van der Waals surface area contributed by atoms with Crippen molar-refractivity contribution in [2.75, 3.05) is 9.80 Å². The maximum atomic E-state index is 2.69. The van der Waals surface area contributed by atoms with Gasteiger partial charge in [-0.15, -0.1) is 0 Å². The molecule has 15 aromatic rings. The van der Waals surface area contributed by atoms with E-state index in [1.54, 1.807) is 0 Å². The Kier molecular flexibility index (Phi) is 12.6. The van der Waals surface area contributed by atoms with Crippen LogP contribution in [-0.4, -0.2) is 20.4 Å². The fourth-order valence-electron chi connectivity index (χ4n) is 15.7. The number of para-hydroxylation sites is 6. The first-order chi connectivity index (χ1) is 45.2. The lowest BCUT2D eigenvalue weighted by molar-refractivity contribution is 0.590. The van der Waals surface area contributed by atoms with E-state index in [2.05, 4.69) is 361 Å². The lowest BCUT2D eigenvalue weighted by atomic mass is 9.33. The minimum Gasteiger partial charge on any atom is -0.309 e. The van der Waals surface area contributed by atoms with Crippen LogP contribution in [0.4, 0.5) is 34.1 Å². The molecule has 0 saturated heterocycles. The van der Waals surface area contributed by atoms with Crippen LogP contribution in [0.5, 0.6) is 0 Å². The second-order valence-electron chi connectivity index (χ2n) is 30.7. The van der Waals surface area contributed by atoms with Crippen molar-refractivity contribution in [2.45, 2.75) is 105 Å². The van der Waals surface area contributed by atoms with Crippen LogP contribution in [0, 0.1) is 0 Å². The molecule has 0 atom stereocenters. The summed E-state index contributed by atoms with van der Waals surface area (Å²) < 4.78 is 7.58. The normalized spacial score (nSPS) is 13.5. The topological polar surface area (TPSA) is 21.3 Å². The third-order valence-electron chi connectivity index (χ3n) is 20.6. The smallest absolute Gasteiger partial charge is 0.252 e. The molecule has 0 radical (unpaired) electrons. The summed E-state index contributed by atoms with van der Waals surface area (Å²) in [4.78, 5) is 5.36. The van der Waals surface area contributed by atoms with Crippen LogP contribution < -0.4 is 26.2 Å². The van der Waals surface area contributed by atoms with Crippen LogP contribution in [0.25, 0.3) is 93.6 Å². The molecule has 0 bridgehead atoms. The molecule has 0 spiro atoms. The molecule has 12 aromatic carbocycles. The summed E-state index contributed by atoms with van der Waals surface area (Å²) in [6, 6.07) is 97.7. The van der Waals surface area contributed by atoms with Crippen LogP contribution in [0.2, 0.25) is 0 Å². The summed E-state index contributed by atoms with van der Waals surface area (Å²) in [6.45, 7) is 27.9. The zero-order chi connectivity index (χ0) is 64.5. The molecular weight excluding hydrogens is 1140 g/mol. The maximum absolute atomic E-state index is 2.69. The number of fused-ring (bicyclic) bond motifs is 13. The van der Waals surface area contributed by atoms with Gasteiger partial charge in [-0.25, -0.2) is 0 Å². The van der Waals surface area contributed by atoms with Crippen molar-refractivity contribution in [3.63, 3.8) is 0 Å². The molecule has 17 rings (SSSR count). The van der Waals surface area contributed by atoms with E-state index in [0.717, 1.165) is 39.6 Å². The summed E-state index contributed by atoms with van der Waals surface area (Å²) in [7, 11) is 0. The molecule has 0 aliphatic carbocycles. The van der Waals surface area contributed by atoms with Crippen LogP contribution in [0.1, 0.15) is 105 Å². The lowest BCUT2D eigenvalue weighted by Gasteiger charge is -2.45. The molecule has 3 aromatic heterocycles. The predicted octanol–water partition coefficient (Wildman–Crippen LogP) is 21.9. The minimum atomic E-state index is -0.270. The van der Waals surface area contributed by atoms with E-state index in [4.69, 9.17) is 0 Å². The number of anilines is 6. The molecule has 458 valence electrons. The molecule has 6 heteroatoms. The van der Waals surface area contributed by atoms with Crippen molar-refractivity contribution in [1.29, 1.82) is 0 Å². The van der Waals surface area contributed by atoms with Crippen molar-refractivity contribution < 1.29 is 0 Å². The van der Waals surface area contributed by atoms with E-state index in [9.17, 15) is 0 Å². The third kappa shape index (κ3) is 8.81. The minimum absolute atomic E-state index is 0.0348. The first-order valence-corrected chi connectivity index (χ1v) is 33.6. The van der Waals surface area contributed by atoms with Gasteiger partial charge in [0.1, 0.15) is 0 Å². The Morgan fingerprint density at radius 3 is 1.21 bits per heavy atom. The fraction of sp³-hybridized carbons (Fsp3) is 0.182. The Hall–Kier alpha value is -10.3. The number of nitrogens with zero attached hydrogens (tertiary/aromatic N) is 5. The molecule has 94 heavy (non-hydrogen) atoms. The molecule has 0 saturated carbocycles. The number of benzene rings is 12. The highest BCUT2D eigenvalue weighted by molar-refractivity contribution is 7.00. The van der Waals surface area contributed by atoms with Gasteiger partial charge >= 0.3 is 0 Å². The van der Waals surface area contributed by atoms with Crippen molar-refractivity contribution in [2.24, 2.45) is 0 Å². The Morgan fingerprint density at radius 1 is 0.245 bits per heavy atom. The Labute approximate surface area is 552 Å². The Balaban J connectivity index is 1.04. The average Bonchev–Trinajstić information content (AvgIpc) is 0.801. The van der Waals surface area contributed by atoms with Gasteiger partial charge in [0.05, 0.1) is 44.5 Å². The first kappa shape index (κ1) is 57.6. The standard InChI is InChI=1S/C88H78BN5/c1-85(2,3)57-27-23-26-55(48-57)56-40-45-76-71(49-56)89-70-44-43-63(90-72-36-21-19-32-64(72)65-33-20-22-37-73(65)90)54-79(70)94(78-39-25-35-67-69-51-59(87(7,8)9)42-47-75(69)92(84(67)78)62-30-17-14-18-31-62)81-53-60(88(10,11)12)52-80(82(81)89)93(76)77-38-24-34-66-68-50-58(86(4,5)6)41-46-74(68)91(83(66)77)61-28-15-13-16-29-61/h13-54H,1-12H3. The second kappa shape index (κ2) is 20.6. The van der Waals surface area contributed by atoms with Gasteiger partial charge in [0.2, 0.25) is 0 Å². The monoisotopic (exact) mass is 1220 g/mol. The van der Waals surface area contributed by atoms with E-state index in [0.29, 0.717) is 0 Å². The van der Waals surface area contributed by atoms with Gasteiger partial charge in [0.15, 0.2) is 0 Å². The number of hydrogen-bond donors (Lipinski definition) is 0. The van der Waals surface area contributed by atoms with Crippen LogP contribution in [0.3, 0.4) is 0 Å². The Morgan fingerprint density at radius 2 is 0.691 bits per heavy atom. The van der Waals surface area contributed by atoms with E-state index in [1.807, 2.05) is 0 Å². The predicted molar refractivity (Wildman–Crippen MR) is 404 cm³/mol. The summed E-state index contributed by atoms with van der Waals surface area (Å²) in [6.07, 6.45) is 0. The van der Waals surface area contributed by atoms with Crippen LogP contribution in [0.15, 0.2) is 255 Å². The van der Waals surface area contributed by atoms with Crippen molar-refractivity contribution in [3.8, 4) is 28.2 Å². The highest BCUT2D eigenvalue weighted by Crippen LogP contribution is 2.52. The molecule has 0 fully saturated rings. The van der Waals surface area contributed by atoms with Gasteiger partial charge in [-0.05, 0) is 175 Å². The van der Waals surface area contributed by atoms with Crippen LogP contribution in [-0.2, 0) is 21.7 Å². The zero-order valence-electron chi connectivity index (χ0n) is 56.1. The number of aromatic nitrogens is 3. The van der Waals surface area contributed by atoms with E-state index < -0.39 is 0 Å². The third-order valence-corrected chi connectivity index (χ3v) is 20.6. The van der Waals surface area contributed by atoms with Gasteiger partial charge in [-0.3, -0.25) is 0 Å². The molecule has 2 aliphatic heterocycles. The van der Waals surface area contributed by atoms with E-state index in [-0.39, 0.29) is 28.4 Å². The van der Waals surface area contributed by atoms with Crippen LogP contribution >= 0.6 is 0 Å². The first-order valence-electron chi connectivity index (χ1n) is 33.6. The van der Waals surface area contributed by atoms with E-state index in [1.165, 1.54) is 127 Å². The van der Waals surface area contributed by atoms with Gasteiger partial charge in [-0.2, -0.15) is 0 Å². The largest absolute Gasteiger partial charge is 0.309 e. The number of hydrogen-bond acceptors (Lipinski definition) is 2. The molecule has 2 aliphatic rings. The highest BCUT2D eigenvalue weighted by Gasteiger charge is 2.46. The number of rotatable bonds is 6. The quantitative estimate of drug-likeness (QED) is 0.155. The van der Waals surface area contributed by atoms with Gasteiger partial charge in [0.25, 0.3) is 6.71 Å². The molecule has 5 nitrogen and oxygen atoms in total. The SMILES string of the molecule is CC(C)(C)c1cccc(-c2ccc3c(c2)B2c4ccc(-n5c6ccccc6c6ccccc65)cc4N(c4cccc5c6cc(C(C)(C)C)ccc6n(-c6ccccc6)c45)c4cc(C(C)(C)C)cc(c42)N3c2cccc3c4cc(C(C)(C)C)ccc4n(-c4ccccc4)c23)c1. The highest BCUT2D eigenvalue weighted by atomic mass is 15.2. The van der Waals surface area contributed by atoms with Crippen molar-refractivity contribution in [1.82, 2.24) is 13.7 Å². The van der Waals surface area contributed by atoms with Crippen molar-refractivity contribution in [3.05, 3.63) is 277 Å². The Bertz CT molecular complexity index is 5560. The molecule has 5 heterocycles. The summed E-state index contributed by atoms with van der Waals surface area (Å²) in [5, 5.41) is 7.41.